The van der Waals surface area contributed by atoms with Gasteiger partial charge in [-0.15, -0.1) is 24.0 Å². The maximum atomic E-state index is 5.12. The van der Waals surface area contributed by atoms with Crippen LogP contribution in [0.2, 0.25) is 0 Å². The Balaban J connectivity index is 0.00000261. The molecule has 7 nitrogen and oxygen atoms in total. The molecule has 1 aliphatic heterocycles. The molecule has 148 valence electrons. The fourth-order valence-corrected chi connectivity index (χ4v) is 3.57. The number of guanidine groups is 1. The summed E-state index contributed by atoms with van der Waals surface area (Å²) in [7, 11) is 3.46. The summed E-state index contributed by atoms with van der Waals surface area (Å²) in [4.78, 5) is 8.87. The van der Waals surface area contributed by atoms with Crippen molar-refractivity contribution in [2.24, 2.45) is 4.99 Å². The van der Waals surface area contributed by atoms with Gasteiger partial charge >= 0.3 is 0 Å². The van der Waals surface area contributed by atoms with E-state index in [2.05, 4.69) is 66.8 Å². The first kappa shape index (κ1) is 22.1. The number of nitrogens with zero attached hydrogens (tertiary/aromatic N) is 4. The molecule has 0 saturated heterocycles. The second kappa shape index (κ2) is 10.4. The number of halogens is 2. The first-order chi connectivity index (χ1) is 12.6. The van der Waals surface area contributed by atoms with Crippen molar-refractivity contribution in [1.29, 1.82) is 0 Å². The minimum Gasteiger partial charge on any atom is -0.377 e. The number of aryl methyl sites for hydroxylation is 2. The lowest BCUT2D eigenvalue weighted by atomic mass is 10.1. The van der Waals surface area contributed by atoms with E-state index in [1.807, 2.05) is 4.68 Å². The molecular weight excluding hydrogens is 523 g/mol. The Hall–Kier alpha value is -1.20. The van der Waals surface area contributed by atoms with E-state index in [4.69, 9.17) is 4.74 Å². The van der Waals surface area contributed by atoms with Crippen LogP contribution in [-0.4, -0.2) is 40.9 Å². The summed E-state index contributed by atoms with van der Waals surface area (Å²) in [6.07, 6.45) is 1.90. The summed E-state index contributed by atoms with van der Waals surface area (Å²) in [5.41, 5.74) is 2.50. The van der Waals surface area contributed by atoms with Crippen molar-refractivity contribution in [1.82, 2.24) is 25.4 Å². The third kappa shape index (κ3) is 5.89. The molecule has 1 atom stereocenters. The summed E-state index contributed by atoms with van der Waals surface area (Å²) in [6.45, 7) is 4.08. The molecule has 2 N–H and O–H groups in total. The zero-order chi connectivity index (χ0) is 18.5. The highest BCUT2D eigenvalue weighted by Crippen LogP contribution is 2.16. The Labute approximate surface area is 185 Å². The van der Waals surface area contributed by atoms with Gasteiger partial charge in [-0.1, -0.05) is 22.0 Å². The zero-order valence-corrected chi connectivity index (χ0v) is 19.7. The van der Waals surface area contributed by atoms with Crippen molar-refractivity contribution < 1.29 is 4.74 Å². The molecule has 0 spiro atoms. The number of benzene rings is 1. The fourth-order valence-electron chi connectivity index (χ4n) is 3.09. The molecule has 0 bridgehead atoms. The van der Waals surface area contributed by atoms with Gasteiger partial charge in [0.1, 0.15) is 12.4 Å². The summed E-state index contributed by atoms with van der Waals surface area (Å²) >= 11 is 3.50. The van der Waals surface area contributed by atoms with Crippen LogP contribution in [-0.2, 0) is 30.9 Å². The molecule has 1 unspecified atom stereocenters. The quantitative estimate of drug-likeness (QED) is 0.341. The van der Waals surface area contributed by atoms with Crippen LogP contribution < -0.4 is 10.6 Å². The summed E-state index contributed by atoms with van der Waals surface area (Å²) in [5.74, 6) is 2.58. The number of hydrogen-bond donors (Lipinski definition) is 2. The zero-order valence-electron chi connectivity index (χ0n) is 15.8. The highest BCUT2D eigenvalue weighted by molar-refractivity contribution is 14.0. The molecule has 0 aliphatic carbocycles. The SMILES string of the molecule is CN=C(NCc1ccc(Br)cc1C)NC1CCc2nc(COC)nn2C1.I. The molecule has 1 aliphatic rings. The number of ether oxygens (including phenoxy) is 1. The molecule has 3 rings (SSSR count). The monoisotopic (exact) mass is 548 g/mol. The maximum absolute atomic E-state index is 5.12. The highest BCUT2D eigenvalue weighted by atomic mass is 127. The van der Waals surface area contributed by atoms with Crippen molar-refractivity contribution in [3.63, 3.8) is 0 Å². The van der Waals surface area contributed by atoms with Crippen molar-refractivity contribution >= 4 is 45.9 Å². The molecule has 2 aromatic rings. The second-order valence-electron chi connectivity index (χ2n) is 6.44. The Bertz CT molecular complexity index is 794. The molecular formula is C18H26BrIN6O. The number of nitrogens with one attached hydrogen (secondary N) is 2. The van der Waals surface area contributed by atoms with Crippen LogP contribution in [0.15, 0.2) is 27.7 Å². The van der Waals surface area contributed by atoms with Gasteiger partial charge in [0.2, 0.25) is 0 Å². The topological polar surface area (TPSA) is 76.4 Å². The van der Waals surface area contributed by atoms with Gasteiger partial charge < -0.3 is 15.4 Å². The van der Waals surface area contributed by atoms with E-state index in [0.717, 1.165) is 48.0 Å². The Morgan fingerprint density at radius 2 is 2.26 bits per heavy atom. The molecule has 0 saturated carbocycles. The van der Waals surface area contributed by atoms with Crippen LogP contribution >= 0.6 is 39.9 Å². The predicted molar refractivity (Wildman–Crippen MR) is 120 cm³/mol. The normalized spacial score (nSPS) is 16.4. The summed E-state index contributed by atoms with van der Waals surface area (Å²) in [6, 6.07) is 6.58. The van der Waals surface area contributed by atoms with Crippen molar-refractivity contribution in [2.75, 3.05) is 14.2 Å². The molecule has 0 amide bonds. The minimum atomic E-state index is 0. The molecule has 1 aromatic carbocycles. The molecule has 0 fully saturated rings. The van der Waals surface area contributed by atoms with Crippen molar-refractivity contribution in [3.05, 3.63) is 45.4 Å². The van der Waals surface area contributed by atoms with Gasteiger partial charge in [-0.2, -0.15) is 5.10 Å². The Kier molecular flexibility index (Phi) is 8.49. The molecule has 27 heavy (non-hydrogen) atoms. The lowest BCUT2D eigenvalue weighted by molar-refractivity contribution is 0.177. The van der Waals surface area contributed by atoms with Gasteiger partial charge in [-0.3, -0.25) is 4.99 Å². The molecule has 0 radical (unpaired) electrons. The Morgan fingerprint density at radius 1 is 1.44 bits per heavy atom. The Morgan fingerprint density at radius 3 is 2.96 bits per heavy atom. The van der Waals surface area contributed by atoms with Gasteiger partial charge in [0.05, 0.1) is 6.54 Å². The van der Waals surface area contributed by atoms with Crippen LogP contribution in [0.25, 0.3) is 0 Å². The van der Waals surface area contributed by atoms with Gasteiger partial charge in [0.25, 0.3) is 0 Å². The predicted octanol–water partition coefficient (Wildman–Crippen LogP) is 2.79. The first-order valence-electron chi connectivity index (χ1n) is 8.72. The van der Waals surface area contributed by atoms with Gasteiger partial charge in [-0.25, -0.2) is 9.67 Å². The average molecular weight is 549 g/mol. The van der Waals surface area contributed by atoms with Gasteiger partial charge in [-0.05, 0) is 36.6 Å². The van der Waals surface area contributed by atoms with E-state index in [1.54, 1.807) is 14.2 Å². The summed E-state index contributed by atoms with van der Waals surface area (Å²) < 4.78 is 8.19. The van der Waals surface area contributed by atoms with Crippen LogP contribution in [0.4, 0.5) is 0 Å². The summed E-state index contributed by atoms with van der Waals surface area (Å²) in [5, 5.41) is 11.4. The fraction of sp³-hybridized carbons (Fsp3) is 0.500. The molecule has 9 heteroatoms. The van der Waals surface area contributed by atoms with Crippen LogP contribution in [0, 0.1) is 6.92 Å². The van der Waals surface area contributed by atoms with Crippen LogP contribution in [0.5, 0.6) is 0 Å². The second-order valence-corrected chi connectivity index (χ2v) is 7.35. The third-order valence-electron chi connectivity index (χ3n) is 4.49. The number of methoxy groups -OCH3 is 1. The van der Waals surface area contributed by atoms with Gasteiger partial charge in [0.15, 0.2) is 11.8 Å². The van der Waals surface area contributed by atoms with E-state index >= 15 is 0 Å². The minimum absolute atomic E-state index is 0. The van der Waals surface area contributed by atoms with Crippen molar-refractivity contribution in [2.45, 2.75) is 45.5 Å². The van der Waals surface area contributed by atoms with Crippen molar-refractivity contribution in [3.8, 4) is 0 Å². The number of fused-ring (bicyclic) bond motifs is 1. The van der Waals surface area contributed by atoms with E-state index in [9.17, 15) is 0 Å². The van der Waals surface area contributed by atoms with E-state index in [0.29, 0.717) is 6.61 Å². The van der Waals surface area contributed by atoms with E-state index in [1.165, 1.54) is 11.1 Å². The molecule has 2 heterocycles. The first-order valence-corrected chi connectivity index (χ1v) is 9.52. The van der Waals surface area contributed by atoms with E-state index < -0.39 is 0 Å². The van der Waals surface area contributed by atoms with E-state index in [-0.39, 0.29) is 30.0 Å². The number of aliphatic imine (C=N–C) groups is 1. The lowest BCUT2D eigenvalue weighted by Gasteiger charge is -2.25. The number of rotatable bonds is 5. The number of aromatic nitrogens is 3. The standard InChI is InChI=1S/C18H25BrN6O.HI/c1-12-8-14(19)5-4-13(12)9-21-18(20-2)22-15-6-7-17-23-16(11-26-3)24-25(17)10-15;/h4-5,8,15H,6-7,9-11H2,1-3H3,(H2,20,21,22);1H. The number of hydrogen-bond acceptors (Lipinski definition) is 4. The van der Waals surface area contributed by atoms with Crippen LogP contribution in [0.1, 0.15) is 29.2 Å². The van der Waals surface area contributed by atoms with Crippen LogP contribution in [0.3, 0.4) is 0 Å². The third-order valence-corrected chi connectivity index (χ3v) is 4.98. The average Bonchev–Trinajstić information content (AvgIpc) is 3.01. The maximum Gasteiger partial charge on any atom is 0.191 e. The largest absolute Gasteiger partial charge is 0.377 e. The molecule has 1 aromatic heterocycles. The lowest BCUT2D eigenvalue weighted by Crippen LogP contribution is -2.46. The smallest absolute Gasteiger partial charge is 0.191 e. The highest BCUT2D eigenvalue weighted by Gasteiger charge is 2.22. The van der Waals surface area contributed by atoms with Gasteiger partial charge in [0, 0.05) is 37.6 Å².